The third-order valence-corrected chi connectivity index (χ3v) is 4.46. The van der Waals surface area contributed by atoms with E-state index in [-0.39, 0.29) is 24.2 Å². The van der Waals surface area contributed by atoms with Crippen LogP contribution in [0.25, 0.3) is 10.9 Å². The van der Waals surface area contributed by atoms with Gasteiger partial charge in [0.2, 0.25) is 5.91 Å². The molecule has 3 aromatic rings. The van der Waals surface area contributed by atoms with Crippen LogP contribution in [0, 0.1) is 5.82 Å². The molecule has 0 bridgehead atoms. The fourth-order valence-corrected chi connectivity index (χ4v) is 3.15. The first-order chi connectivity index (χ1) is 13.1. The van der Waals surface area contributed by atoms with Crippen LogP contribution in [0.2, 0.25) is 0 Å². The topological polar surface area (TPSA) is 65.5 Å². The quantitative estimate of drug-likeness (QED) is 0.773. The summed E-state index contributed by atoms with van der Waals surface area (Å²) in [6, 6.07) is 14.9. The zero-order chi connectivity index (χ0) is 18.8. The van der Waals surface area contributed by atoms with Gasteiger partial charge < -0.3 is 10.2 Å². The molecule has 1 N–H and O–H groups in total. The Balaban J connectivity index is 1.42. The summed E-state index contributed by atoms with van der Waals surface area (Å²) in [5.41, 5.74) is 1.70. The smallest absolute Gasteiger partial charge is 0.325 e. The first-order valence-corrected chi connectivity index (χ1v) is 8.57. The van der Waals surface area contributed by atoms with E-state index >= 15 is 0 Å². The number of amides is 3. The van der Waals surface area contributed by atoms with Gasteiger partial charge in [0.15, 0.2) is 0 Å². The maximum atomic E-state index is 13.9. The SMILES string of the molecule is O=C(CN1CCN(c2ccccc2F)C1=O)Nc1ccc2ncccc2c1. The largest absolute Gasteiger partial charge is 0.325 e. The first-order valence-electron chi connectivity index (χ1n) is 8.57. The second-order valence-corrected chi connectivity index (χ2v) is 6.27. The Morgan fingerprint density at radius 1 is 1.11 bits per heavy atom. The number of hydrogen-bond acceptors (Lipinski definition) is 3. The number of rotatable bonds is 4. The zero-order valence-corrected chi connectivity index (χ0v) is 14.4. The molecule has 1 fully saturated rings. The van der Waals surface area contributed by atoms with Crippen molar-refractivity contribution in [2.75, 3.05) is 29.9 Å². The number of pyridine rings is 1. The van der Waals surface area contributed by atoms with Gasteiger partial charge in [-0.2, -0.15) is 0 Å². The van der Waals surface area contributed by atoms with Crippen LogP contribution in [0.1, 0.15) is 0 Å². The summed E-state index contributed by atoms with van der Waals surface area (Å²) in [6.07, 6.45) is 1.71. The van der Waals surface area contributed by atoms with Gasteiger partial charge in [-0.25, -0.2) is 9.18 Å². The van der Waals surface area contributed by atoms with Gasteiger partial charge in [-0.05, 0) is 36.4 Å². The number of hydrogen-bond donors (Lipinski definition) is 1. The van der Waals surface area contributed by atoms with Crippen LogP contribution in [0.5, 0.6) is 0 Å². The van der Waals surface area contributed by atoms with Crippen LogP contribution in [-0.4, -0.2) is 41.5 Å². The Morgan fingerprint density at radius 3 is 2.81 bits per heavy atom. The highest BCUT2D eigenvalue weighted by Gasteiger charge is 2.32. The molecule has 4 rings (SSSR count). The summed E-state index contributed by atoms with van der Waals surface area (Å²) in [6.45, 7) is 0.617. The number of nitrogens with zero attached hydrogens (tertiary/aromatic N) is 3. The minimum absolute atomic E-state index is 0.0884. The molecule has 7 heteroatoms. The molecule has 1 aliphatic heterocycles. The lowest BCUT2D eigenvalue weighted by atomic mass is 10.2. The van der Waals surface area contributed by atoms with E-state index in [2.05, 4.69) is 10.3 Å². The molecule has 6 nitrogen and oxygen atoms in total. The highest BCUT2D eigenvalue weighted by atomic mass is 19.1. The van der Waals surface area contributed by atoms with Crippen molar-refractivity contribution < 1.29 is 14.0 Å². The van der Waals surface area contributed by atoms with Gasteiger partial charge in [0.25, 0.3) is 0 Å². The molecule has 1 aliphatic rings. The number of anilines is 2. The molecule has 3 amide bonds. The lowest BCUT2D eigenvalue weighted by molar-refractivity contribution is -0.116. The number of urea groups is 1. The Bertz CT molecular complexity index is 1020. The van der Waals surface area contributed by atoms with Crippen molar-refractivity contribution in [2.45, 2.75) is 0 Å². The van der Waals surface area contributed by atoms with Gasteiger partial charge in [-0.15, -0.1) is 0 Å². The summed E-state index contributed by atoms with van der Waals surface area (Å²) in [5.74, 6) is -0.760. The molecule has 0 radical (unpaired) electrons. The molecule has 1 aromatic heterocycles. The summed E-state index contributed by atoms with van der Waals surface area (Å²) in [4.78, 5) is 31.9. The van der Waals surface area contributed by atoms with Crippen molar-refractivity contribution in [1.29, 1.82) is 0 Å². The van der Waals surface area contributed by atoms with Gasteiger partial charge in [-0.1, -0.05) is 18.2 Å². The third kappa shape index (κ3) is 3.44. The van der Waals surface area contributed by atoms with E-state index < -0.39 is 5.82 Å². The Morgan fingerprint density at radius 2 is 1.96 bits per heavy atom. The van der Waals surface area contributed by atoms with Crippen molar-refractivity contribution in [3.8, 4) is 0 Å². The monoisotopic (exact) mass is 364 g/mol. The number of carbonyl (C=O) groups is 2. The van der Waals surface area contributed by atoms with E-state index in [4.69, 9.17) is 0 Å². The van der Waals surface area contributed by atoms with Gasteiger partial charge in [0, 0.05) is 30.4 Å². The number of halogens is 1. The summed E-state index contributed by atoms with van der Waals surface area (Å²) in [5, 5.41) is 3.71. The van der Waals surface area contributed by atoms with Crippen molar-refractivity contribution in [3.63, 3.8) is 0 Å². The molecule has 136 valence electrons. The average molecular weight is 364 g/mol. The van der Waals surface area contributed by atoms with Crippen molar-refractivity contribution in [2.24, 2.45) is 0 Å². The van der Waals surface area contributed by atoms with E-state index in [1.165, 1.54) is 15.9 Å². The van der Waals surface area contributed by atoms with Gasteiger partial charge in [0.05, 0.1) is 11.2 Å². The molecule has 0 aliphatic carbocycles. The van der Waals surface area contributed by atoms with Gasteiger partial charge in [-0.3, -0.25) is 14.7 Å². The van der Waals surface area contributed by atoms with E-state index in [0.717, 1.165) is 10.9 Å². The third-order valence-electron chi connectivity index (χ3n) is 4.46. The predicted octanol–water partition coefficient (Wildman–Crippen LogP) is 3.25. The molecule has 0 spiro atoms. The number of fused-ring (bicyclic) bond motifs is 1. The van der Waals surface area contributed by atoms with Crippen LogP contribution in [0.3, 0.4) is 0 Å². The Labute approximate surface area is 155 Å². The minimum atomic E-state index is -0.457. The van der Waals surface area contributed by atoms with Crippen LogP contribution in [0.4, 0.5) is 20.6 Å². The second kappa shape index (κ2) is 7.03. The van der Waals surface area contributed by atoms with E-state index in [1.807, 2.05) is 24.3 Å². The molecule has 0 atom stereocenters. The molecular formula is C20H17FN4O2. The lowest BCUT2D eigenvalue weighted by Crippen LogP contribution is -2.37. The molecule has 27 heavy (non-hydrogen) atoms. The fraction of sp³-hybridized carbons (Fsp3) is 0.150. The fourth-order valence-electron chi connectivity index (χ4n) is 3.15. The van der Waals surface area contributed by atoms with Crippen LogP contribution >= 0.6 is 0 Å². The maximum Gasteiger partial charge on any atom is 0.325 e. The second-order valence-electron chi connectivity index (χ2n) is 6.27. The molecule has 0 saturated carbocycles. The van der Waals surface area contributed by atoms with Crippen molar-refractivity contribution >= 4 is 34.2 Å². The molecule has 0 unspecified atom stereocenters. The van der Waals surface area contributed by atoms with E-state index in [1.54, 1.807) is 30.5 Å². The predicted molar refractivity (Wildman–Crippen MR) is 101 cm³/mol. The number of carbonyl (C=O) groups excluding carboxylic acids is 2. The van der Waals surface area contributed by atoms with Gasteiger partial charge in [0.1, 0.15) is 12.4 Å². The molecule has 1 saturated heterocycles. The standard InChI is InChI=1S/C20H17FN4O2/c21-16-5-1-2-6-18(16)25-11-10-24(20(25)27)13-19(26)23-15-7-8-17-14(12-15)4-3-9-22-17/h1-9,12H,10-11,13H2,(H,23,26). The average Bonchev–Trinajstić information content (AvgIpc) is 3.02. The normalized spacial score (nSPS) is 14.0. The minimum Gasteiger partial charge on any atom is -0.325 e. The van der Waals surface area contributed by atoms with Gasteiger partial charge >= 0.3 is 6.03 Å². The van der Waals surface area contributed by atoms with E-state index in [9.17, 15) is 14.0 Å². The van der Waals surface area contributed by atoms with Crippen LogP contribution in [0.15, 0.2) is 60.8 Å². The maximum absolute atomic E-state index is 13.9. The first kappa shape index (κ1) is 17.0. The summed E-state index contributed by atoms with van der Waals surface area (Å²) >= 11 is 0. The van der Waals surface area contributed by atoms with E-state index in [0.29, 0.717) is 18.8 Å². The highest BCUT2D eigenvalue weighted by Crippen LogP contribution is 2.23. The number of nitrogens with one attached hydrogen (secondary N) is 1. The molecular weight excluding hydrogens is 347 g/mol. The highest BCUT2D eigenvalue weighted by molar-refractivity contribution is 6.00. The summed E-state index contributed by atoms with van der Waals surface area (Å²) in [7, 11) is 0. The Hall–Kier alpha value is -3.48. The van der Waals surface area contributed by atoms with Crippen LogP contribution in [-0.2, 0) is 4.79 Å². The lowest BCUT2D eigenvalue weighted by Gasteiger charge is -2.19. The molecule has 2 aromatic carbocycles. The van der Waals surface area contributed by atoms with Crippen molar-refractivity contribution in [1.82, 2.24) is 9.88 Å². The molecule has 2 heterocycles. The zero-order valence-electron chi connectivity index (χ0n) is 14.4. The van der Waals surface area contributed by atoms with Crippen molar-refractivity contribution in [3.05, 3.63) is 66.6 Å². The number of aromatic nitrogens is 1. The Kier molecular flexibility index (Phi) is 4.42. The number of benzene rings is 2. The number of para-hydroxylation sites is 1. The summed E-state index contributed by atoms with van der Waals surface area (Å²) < 4.78 is 13.9. The van der Waals surface area contributed by atoms with Crippen LogP contribution < -0.4 is 10.2 Å².